The van der Waals surface area contributed by atoms with Gasteiger partial charge in [0.25, 0.3) is 0 Å². The van der Waals surface area contributed by atoms with Gasteiger partial charge in [0.05, 0.1) is 10.2 Å². The first-order chi connectivity index (χ1) is 12.1. The molecular formula is C20H20N2OS2. The number of rotatable bonds is 6. The van der Waals surface area contributed by atoms with E-state index in [4.69, 9.17) is 0 Å². The Labute approximate surface area is 156 Å². The van der Waals surface area contributed by atoms with Crippen molar-refractivity contribution >= 4 is 51.0 Å². The summed E-state index contributed by atoms with van der Waals surface area (Å²) >= 11 is 3.46. The minimum Gasteiger partial charge on any atom is -0.322 e. The fraction of sp³-hybridized carbons (Fsp3) is 0.200. The summed E-state index contributed by atoms with van der Waals surface area (Å²) in [6.45, 7) is 4.41. The van der Waals surface area contributed by atoms with Crippen molar-refractivity contribution in [2.45, 2.75) is 18.2 Å². The molecule has 0 aliphatic carbocycles. The normalized spacial score (nSPS) is 11.5. The molecule has 1 N–H and O–H groups in total. The second-order valence-electron chi connectivity index (χ2n) is 6.10. The van der Waals surface area contributed by atoms with Gasteiger partial charge in [-0.25, -0.2) is 4.98 Å². The summed E-state index contributed by atoms with van der Waals surface area (Å²) in [4.78, 5) is 16.7. The van der Waals surface area contributed by atoms with Crippen LogP contribution in [0.15, 0.2) is 58.9 Å². The Balaban J connectivity index is 1.67. The standard InChI is InChI=1S/C20H20N2OS2/c1-14(2)13-24-20-22-17-10-9-16(12-18(17)25-20)21-19(23)11-8-15-6-4-3-5-7-15/h3-12,14H,13H2,1-2H3,(H,21,23)/b11-8+. The summed E-state index contributed by atoms with van der Waals surface area (Å²) in [6.07, 6.45) is 3.36. The Bertz CT molecular complexity index is 885. The Hall–Kier alpha value is -2.11. The van der Waals surface area contributed by atoms with Crippen molar-refractivity contribution in [3.63, 3.8) is 0 Å². The van der Waals surface area contributed by atoms with Crippen LogP contribution in [0, 0.1) is 5.92 Å². The summed E-state index contributed by atoms with van der Waals surface area (Å²) in [5.41, 5.74) is 2.77. The maximum Gasteiger partial charge on any atom is 0.248 e. The van der Waals surface area contributed by atoms with Gasteiger partial charge in [0, 0.05) is 17.5 Å². The van der Waals surface area contributed by atoms with Gasteiger partial charge in [-0.15, -0.1) is 11.3 Å². The van der Waals surface area contributed by atoms with Gasteiger partial charge in [-0.2, -0.15) is 0 Å². The quantitative estimate of drug-likeness (QED) is 0.448. The predicted molar refractivity (Wildman–Crippen MR) is 109 cm³/mol. The van der Waals surface area contributed by atoms with Crippen LogP contribution in [-0.4, -0.2) is 16.6 Å². The third kappa shape index (κ3) is 5.18. The predicted octanol–water partition coefficient (Wildman–Crippen LogP) is 5.70. The Morgan fingerprint density at radius 3 is 2.80 bits per heavy atom. The minimum absolute atomic E-state index is 0.137. The fourth-order valence-electron chi connectivity index (χ4n) is 2.20. The number of thioether (sulfide) groups is 1. The molecule has 3 rings (SSSR count). The monoisotopic (exact) mass is 368 g/mol. The highest BCUT2D eigenvalue weighted by Gasteiger charge is 2.07. The van der Waals surface area contributed by atoms with Crippen LogP contribution in [0.2, 0.25) is 0 Å². The molecule has 1 amide bonds. The van der Waals surface area contributed by atoms with Crippen LogP contribution < -0.4 is 5.32 Å². The van der Waals surface area contributed by atoms with Crippen molar-refractivity contribution < 1.29 is 4.79 Å². The molecule has 0 spiro atoms. The smallest absolute Gasteiger partial charge is 0.248 e. The van der Waals surface area contributed by atoms with Crippen LogP contribution in [0.25, 0.3) is 16.3 Å². The number of carbonyl (C=O) groups excluding carboxylic acids is 1. The van der Waals surface area contributed by atoms with Crippen LogP contribution in [0.3, 0.4) is 0 Å². The van der Waals surface area contributed by atoms with E-state index in [2.05, 4.69) is 24.1 Å². The number of hydrogen-bond acceptors (Lipinski definition) is 4. The lowest BCUT2D eigenvalue weighted by Gasteiger charge is -2.01. The highest BCUT2D eigenvalue weighted by atomic mass is 32.2. The van der Waals surface area contributed by atoms with Gasteiger partial charge in [0.2, 0.25) is 5.91 Å². The van der Waals surface area contributed by atoms with Gasteiger partial charge in [-0.05, 0) is 35.8 Å². The summed E-state index contributed by atoms with van der Waals surface area (Å²) in [5.74, 6) is 1.57. The zero-order valence-electron chi connectivity index (χ0n) is 14.2. The summed E-state index contributed by atoms with van der Waals surface area (Å²) < 4.78 is 2.17. The molecule has 3 aromatic rings. The molecule has 0 fully saturated rings. The van der Waals surface area contributed by atoms with Crippen LogP contribution in [-0.2, 0) is 4.79 Å². The molecule has 3 nitrogen and oxygen atoms in total. The molecule has 0 bridgehead atoms. The van der Waals surface area contributed by atoms with Gasteiger partial charge in [0.15, 0.2) is 4.34 Å². The molecule has 0 unspecified atom stereocenters. The van der Waals surface area contributed by atoms with E-state index >= 15 is 0 Å². The number of aromatic nitrogens is 1. The van der Waals surface area contributed by atoms with E-state index in [1.807, 2.05) is 48.5 Å². The molecule has 25 heavy (non-hydrogen) atoms. The zero-order valence-corrected chi connectivity index (χ0v) is 15.9. The molecular weight excluding hydrogens is 348 g/mol. The molecule has 1 heterocycles. The van der Waals surface area contributed by atoms with E-state index in [1.165, 1.54) is 0 Å². The Kier molecular flexibility index (Phi) is 5.89. The van der Waals surface area contributed by atoms with Crippen LogP contribution in [0.1, 0.15) is 19.4 Å². The van der Waals surface area contributed by atoms with Crippen molar-refractivity contribution in [1.29, 1.82) is 0 Å². The topological polar surface area (TPSA) is 42.0 Å². The first kappa shape index (κ1) is 17.7. The number of carbonyl (C=O) groups is 1. The van der Waals surface area contributed by atoms with Gasteiger partial charge in [-0.3, -0.25) is 4.79 Å². The first-order valence-corrected chi connectivity index (χ1v) is 9.98. The van der Waals surface area contributed by atoms with E-state index in [-0.39, 0.29) is 5.91 Å². The van der Waals surface area contributed by atoms with Gasteiger partial charge >= 0.3 is 0 Å². The summed E-state index contributed by atoms with van der Waals surface area (Å²) in [7, 11) is 0. The van der Waals surface area contributed by atoms with Gasteiger partial charge in [-0.1, -0.05) is 55.9 Å². The van der Waals surface area contributed by atoms with Crippen molar-refractivity contribution in [2.75, 3.05) is 11.1 Å². The van der Waals surface area contributed by atoms with E-state index < -0.39 is 0 Å². The Morgan fingerprint density at radius 2 is 2.04 bits per heavy atom. The average molecular weight is 369 g/mol. The lowest BCUT2D eigenvalue weighted by Crippen LogP contribution is -2.07. The highest BCUT2D eigenvalue weighted by molar-refractivity contribution is 8.01. The maximum atomic E-state index is 12.1. The molecule has 0 aliphatic heterocycles. The summed E-state index contributed by atoms with van der Waals surface area (Å²) in [5, 5.41) is 2.91. The molecule has 0 saturated carbocycles. The fourth-order valence-corrected chi connectivity index (χ4v) is 4.29. The van der Waals surface area contributed by atoms with E-state index in [1.54, 1.807) is 35.3 Å². The van der Waals surface area contributed by atoms with Crippen LogP contribution >= 0.6 is 23.1 Å². The lowest BCUT2D eigenvalue weighted by atomic mass is 10.2. The number of nitrogens with one attached hydrogen (secondary N) is 1. The SMILES string of the molecule is CC(C)CSc1nc2ccc(NC(=O)/C=C/c3ccccc3)cc2s1. The van der Waals surface area contributed by atoms with E-state index in [0.29, 0.717) is 5.92 Å². The second-order valence-corrected chi connectivity index (χ2v) is 8.40. The molecule has 0 saturated heterocycles. The molecule has 128 valence electrons. The lowest BCUT2D eigenvalue weighted by molar-refractivity contribution is -0.111. The zero-order chi connectivity index (χ0) is 17.6. The van der Waals surface area contributed by atoms with Gasteiger partial charge < -0.3 is 5.32 Å². The van der Waals surface area contributed by atoms with Gasteiger partial charge in [0.1, 0.15) is 0 Å². The number of hydrogen-bond donors (Lipinski definition) is 1. The average Bonchev–Trinajstić information content (AvgIpc) is 3.01. The maximum absolute atomic E-state index is 12.1. The second kappa shape index (κ2) is 8.32. The molecule has 0 radical (unpaired) electrons. The number of amides is 1. The first-order valence-electron chi connectivity index (χ1n) is 8.17. The largest absolute Gasteiger partial charge is 0.322 e. The van der Waals surface area contributed by atoms with E-state index in [0.717, 1.165) is 31.6 Å². The van der Waals surface area contributed by atoms with Crippen molar-refractivity contribution in [2.24, 2.45) is 5.92 Å². The number of thiazole rings is 1. The highest BCUT2D eigenvalue weighted by Crippen LogP contribution is 2.32. The van der Waals surface area contributed by atoms with Crippen molar-refractivity contribution in [3.8, 4) is 0 Å². The van der Waals surface area contributed by atoms with Crippen molar-refractivity contribution in [1.82, 2.24) is 4.98 Å². The molecule has 1 aromatic heterocycles. The molecule has 2 aromatic carbocycles. The molecule has 0 atom stereocenters. The number of fused-ring (bicyclic) bond motifs is 1. The number of nitrogens with zero attached hydrogens (tertiary/aromatic N) is 1. The van der Waals surface area contributed by atoms with E-state index in [9.17, 15) is 4.79 Å². The van der Waals surface area contributed by atoms with Crippen LogP contribution in [0.5, 0.6) is 0 Å². The minimum atomic E-state index is -0.137. The Morgan fingerprint density at radius 1 is 1.24 bits per heavy atom. The van der Waals surface area contributed by atoms with Crippen molar-refractivity contribution in [3.05, 3.63) is 60.2 Å². The molecule has 0 aliphatic rings. The number of benzene rings is 2. The third-order valence-corrected chi connectivity index (χ3v) is 5.99. The van der Waals surface area contributed by atoms with Crippen LogP contribution in [0.4, 0.5) is 5.69 Å². The summed E-state index contributed by atoms with van der Waals surface area (Å²) in [6, 6.07) is 15.6. The number of anilines is 1. The third-order valence-electron chi connectivity index (χ3n) is 3.40. The molecule has 5 heteroatoms.